The lowest BCUT2D eigenvalue weighted by Gasteiger charge is -2.09. The topological polar surface area (TPSA) is 66.6 Å². The molecule has 23 heavy (non-hydrogen) atoms. The van der Waals surface area contributed by atoms with Gasteiger partial charge in [-0.05, 0) is 43.2 Å². The van der Waals surface area contributed by atoms with Gasteiger partial charge in [0.2, 0.25) is 0 Å². The minimum Gasteiger partial charge on any atom is -0.506 e. The van der Waals surface area contributed by atoms with E-state index >= 15 is 0 Å². The number of pyridine rings is 1. The van der Waals surface area contributed by atoms with Gasteiger partial charge >= 0.3 is 0 Å². The molecule has 0 spiro atoms. The lowest BCUT2D eigenvalue weighted by atomic mass is 10.2. The zero-order valence-corrected chi connectivity index (χ0v) is 13.6. The maximum absolute atomic E-state index is 12.7. The van der Waals surface area contributed by atoms with E-state index < -0.39 is 0 Å². The molecule has 0 radical (unpaired) electrons. The number of phenols is 1. The number of carbonyl (C=O) groups is 1. The Labute approximate surface area is 138 Å². The lowest BCUT2D eigenvalue weighted by molar-refractivity contribution is 0.102. The van der Waals surface area contributed by atoms with E-state index in [0.29, 0.717) is 28.5 Å². The number of anilines is 1. The summed E-state index contributed by atoms with van der Waals surface area (Å²) in [6, 6.07) is 8.34. The maximum atomic E-state index is 12.7. The average Bonchev–Trinajstić information content (AvgIpc) is 2.88. The Bertz CT molecular complexity index is 902. The molecule has 0 unspecified atom stereocenters. The SMILES string of the molecule is CCc1nc2ccc(C)cn2c1C(=O)Nc1cc(Cl)ccc1O. The number of amides is 1. The standard InChI is InChI=1S/C17H16ClN3O2/c1-3-12-16(21-9-10(2)4-7-15(21)19-12)17(23)20-13-8-11(18)5-6-14(13)22/h4-9,22H,3H2,1-2H3,(H,20,23). The minimum absolute atomic E-state index is 0.0363. The number of nitrogens with one attached hydrogen (secondary N) is 1. The van der Waals surface area contributed by atoms with Crippen LogP contribution in [0.3, 0.4) is 0 Å². The molecule has 2 aromatic heterocycles. The van der Waals surface area contributed by atoms with Gasteiger partial charge in [0.1, 0.15) is 17.1 Å². The molecule has 3 aromatic rings. The number of aromatic hydroxyl groups is 1. The number of phenolic OH excluding ortho intramolecular Hbond substituents is 1. The number of benzene rings is 1. The molecule has 118 valence electrons. The van der Waals surface area contributed by atoms with Crippen LogP contribution in [0.25, 0.3) is 5.65 Å². The number of hydrogen-bond acceptors (Lipinski definition) is 3. The van der Waals surface area contributed by atoms with Gasteiger partial charge in [-0.3, -0.25) is 9.20 Å². The first-order chi connectivity index (χ1) is 11.0. The highest BCUT2D eigenvalue weighted by Crippen LogP contribution is 2.27. The monoisotopic (exact) mass is 329 g/mol. The van der Waals surface area contributed by atoms with Crippen LogP contribution in [-0.2, 0) is 6.42 Å². The summed E-state index contributed by atoms with van der Waals surface area (Å²) in [5.41, 5.74) is 3.18. The van der Waals surface area contributed by atoms with Crippen LogP contribution in [0.15, 0.2) is 36.5 Å². The first kappa shape index (κ1) is 15.4. The Balaban J connectivity index is 2.06. The molecule has 0 aliphatic heterocycles. The molecule has 0 aliphatic rings. The molecule has 0 atom stereocenters. The van der Waals surface area contributed by atoms with E-state index in [-0.39, 0.29) is 17.3 Å². The van der Waals surface area contributed by atoms with Gasteiger partial charge in [-0.2, -0.15) is 0 Å². The zero-order valence-electron chi connectivity index (χ0n) is 12.8. The Kier molecular flexibility index (Phi) is 3.96. The van der Waals surface area contributed by atoms with Crippen molar-refractivity contribution in [3.8, 4) is 5.75 Å². The molecule has 0 saturated heterocycles. The molecule has 1 amide bonds. The van der Waals surface area contributed by atoms with Crippen molar-refractivity contribution in [2.24, 2.45) is 0 Å². The van der Waals surface area contributed by atoms with Gasteiger partial charge in [-0.25, -0.2) is 4.98 Å². The van der Waals surface area contributed by atoms with Crippen molar-refractivity contribution in [1.29, 1.82) is 0 Å². The number of fused-ring (bicyclic) bond motifs is 1. The summed E-state index contributed by atoms with van der Waals surface area (Å²) in [5.74, 6) is -0.372. The summed E-state index contributed by atoms with van der Waals surface area (Å²) in [6.07, 6.45) is 2.50. The first-order valence-corrected chi connectivity index (χ1v) is 7.65. The molecule has 0 bridgehead atoms. The molecule has 2 N–H and O–H groups in total. The largest absolute Gasteiger partial charge is 0.506 e. The molecule has 0 aliphatic carbocycles. The molecular formula is C17H16ClN3O2. The molecule has 0 saturated carbocycles. The number of nitrogens with zero attached hydrogens (tertiary/aromatic N) is 2. The van der Waals surface area contributed by atoms with Crippen molar-refractivity contribution in [2.45, 2.75) is 20.3 Å². The number of aromatic nitrogens is 2. The van der Waals surface area contributed by atoms with Gasteiger partial charge < -0.3 is 10.4 Å². The summed E-state index contributed by atoms with van der Waals surface area (Å²) in [4.78, 5) is 17.2. The summed E-state index contributed by atoms with van der Waals surface area (Å²) in [6.45, 7) is 3.90. The van der Waals surface area contributed by atoms with E-state index in [2.05, 4.69) is 10.3 Å². The third kappa shape index (κ3) is 2.87. The smallest absolute Gasteiger partial charge is 0.274 e. The molecule has 5 nitrogen and oxygen atoms in total. The number of aryl methyl sites for hydroxylation is 2. The highest BCUT2D eigenvalue weighted by molar-refractivity contribution is 6.31. The highest BCUT2D eigenvalue weighted by atomic mass is 35.5. The maximum Gasteiger partial charge on any atom is 0.274 e. The van der Waals surface area contributed by atoms with Crippen LogP contribution >= 0.6 is 11.6 Å². The Hall–Kier alpha value is -2.53. The van der Waals surface area contributed by atoms with Crippen LogP contribution in [-0.4, -0.2) is 20.4 Å². The summed E-state index contributed by atoms with van der Waals surface area (Å²) < 4.78 is 1.77. The van der Waals surface area contributed by atoms with Gasteiger partial charge in [-0.1, -0.05) is 24.6 Å². The van der Waals surface area contributed by atoms with Crippen molar-refractivity contribution >= 4 is 28.8 Å². The van der Waals surface area contributed by atoms with Gasteiger partial charge in [0.15, 0.2) is 0 Å². The second kappa shape index (κ2) is 5.93. The van der Waals surface area contributed by atoms with Crippen molar-refractivity contribution in [1.82, 2.24) is 9.38 Å². The van der Waals surface area contributed by atoms with Gasteiger partial charge in [-0.15, -0.1) is 0 Å². The normalized spacial score (nSPS) is 10.9. The Morgan fingerprint density at radius 1 is 1.35 bits per heavy atom. The third-order valence-corrected chi connectivity index (χ3v) is 3.83. The first-order valence-electron chi connectivity index (χ1n) is 7.27. The quantitative estimate of drug-likeness (QED) is 0.718. The van der Waals surface area contributed by atoms with Crippen LogP contribution in [0.1, 0.15) is 28.7 Å². The molecule has 2 heterocycles. The summed E-state index contributed by atoms with van der Waals surface area (Å²) in [5, 5.41) is 13.0. The van der Waals surface area contributed by atoms with E-state index in [1.807, 2.05) is 32.2 Å². The van der Waals surface area contributed by atoms with Crippen LogP contribution < -0.4 is 5.32 Å². The fourth-order valence-corrected chi connectivity index (χ4v) is 2.65. The zero-order chi connectivity index (χ0) is 16.6. The number of imidazole rings is 1. The van der Waals surface area contributed by atoms with E-state index in [1.54, 1.807) is 10.5 Å². The van der Waals surface area contributed by atoms with Gasteiger partial charge in [0.05, 0.1) is 11.4 Å². The predicted octanol–water partition coefficient (Wildman–Crippen LogP) is 3.82. The van der Waals surface area contributed by atoms with Crippen molar-refractivity contribution in [2.75, 3.05) is 5.32 Å². The van der Waals surface area contributed by atoms with Crippen LogP contribution in [0, 0.1) is 6.92 Å². The molecule has 1 aromatic carbocycles. The molecular weight excluding hydrogens is 314 g/mol. The number of rotatable bonds is 3. The number of carbonyl (C=O) groups excluding carboxylic acids is 1. The molecule has 6 heteroatoms. The van der Waals surface area contributed by atoms with Gasteiger partial charge in [0.25, 0.3) is 5.91 Å². The van der Waals surface area contributed by atoms with Crippen LogP contribution in [0.5, 0.6) is 5.75 Å². The van der Waals surface area contributed by atoms with E-state index in [0.717, 1.165) is 5.56 Å². The fraction of sp³-hybridized carbons (Fsp3) is 0.176. The molecule has 0 fully saturated rings. The minimum atomic E-state index is -0.336. The van der Waals surface area contributed by atoms with E-state index in [9.17, 15) is 9.90 Å². The lowest BCUT2D eigenvalue weighted by Crippen LogP contribution is -2.16. The van der Waals surface area contributed by atoms with Crippen molar-refractivity contribution < 1.29 is 9.90 Å². The second-order valence-corrected chi connectivity index (χ2v) is 5.75. The van der Waals surface area contributed by atoms with Crippen LogP contribution in [0.2, 0.25) is 5.02 Å². The van der Waals surface area contributed by atoms with Crippen molar-refractivity contribution in [3.63, 3.8) is 0 Å². The van der Waals surface area contributed by atoms with E-state index in [1.165, 1.54) is 12.1 Å². The summed E-state index contributed by atoms with van der Waals surface area (Å²) >= 11 is 5.92. The Morgan fingerprint density at radius 2 is 2.13 bits per heavy atom. The van der Waals surface area contributed by atoms with Crippen molar-refractivity contribution in [3.05, 3.63) is 58.5 Å². The van der Waals surface area contributed by atoms with Gasteiger partial charge in [0, 0.05) is 11.2 Å². The predicted molar refractivity (Wildman–Crippen MR) is 90.4 cm³/mol. The third-order valence-electron chi connectivity index (χ3n) is 3.60. The number of halogens is 1. The average molecular weight is 330 g/mol. The fourth-order valence-electron chi connectivity index (χ4n) is 2.48. The number of hydrogen-bond donors (Lipinski definition) is 2. The van der Waals surface area contributed by atoms with E-state index in [4.69, 9.17) is 11.6 Å². The molecule has 3 rings (SSSR count). The Morgan fingerprint density at radius 3 is 2.87 bits per heavy atom. The second-order valence-electron chi connectivity index (χ2n) is 5.31. The summed E-state index contributed by atoms with van der Waals surface area (Å²) in [7, 11) is 0. The highest BCUT2D eigenvalue weighted by Gasteiger charge is 2.19. The van der Waals surface area contributed by atoms with Crippen LogP contribution in [0.4, 0.5) is 5.69 Å².